The lowest BCUT2D eigenvalue weighted by Crippen LogP contribution is -2.46. The largest absolute Gasteiger partial charge is 0.462 e. The summed E-state index contributed by atoms with van der Waals surface area (Å²) in [5, 5.41) is 23.8. The first-order valence-electron chi connectivity index (χ1n) is 26.5. The molecule has 6 heteroatoms. The lowest BCUT2D eigenvalue weighted by molar-refractivity contribution is -0.151. The first kappa shape index (κ1) is 59.6. The molecule has 62 heavy (non-hydrogen) atoms. The van der Waals surface area contributed by atoms with Crippen molar-refractivity contribution in [2.45, 2.75) is 277 Å². The minimum atomic E-state index is -0.804. The van der Waals surface area contributed by atoms with E-state index in [2.05, 4.69) is 86.8 Å². The summed E-state index contributed by atoms with van der Waals surface area (Å²) in [6.07, 6.45) is 61.4. The summed E-state index contributed by atoms with van der Waals surface area (Å²) >= 11 is 0. The number of aliphatic hydroxyl groups is 2. The molecule has 6 nitrogen and oxygen atoms in total. The third-order valence-electron chi connectivity index (χ3n) is 11.9. The number of hydrogen-bond donors (Lipinski definition) is 3. The average molecular weight is 868 g/mol. The Labute approximate surface area is 384 Å². The quantitative estimate of drug-likeness (QED) is 0.0245. The molecular formula is C56H101NO5. The number of carbonyl (C=O) groups is 2. The van der Waals surface area contributed by atoms with Gasteiger partial charge in [0.2, 0.25) is 5.91 Å². The van der Waals surface area contributed by atoms with Gasteiger partial charge in [-0.1, -0.05) is 223 Å². The van der Waals surface area contributed by atoms with Crippen LogP contribution in [-0.2, 0) is 14.3 Å². The highest BCUT2D eigenvalue weighted by Crippen LogP contribution is 2.17. The van der Waals surface area contributed by atoms with Crippen molar-refractivity contribution < 1.29 is 24.5 Å². The van der Waals surface area contributed by atoms with E-state index < -0.39 is 18.2 Å². The molecule has 0 saturated heterocycles. The van der Waals surface area contributed by atoms with Crippen molar-refractivity contribution in [2.75, 3.05) is 6.61 Å². The van der Waals surface area contributed by atoms with Crippen LogP contribution in [0.1, 0.15) is 258 Å². The Morgan fingerprint density at radius 2 is 0.919 bits per heavy atom. The Kier molecular flexibility index (Phi) is 47.6. The normalized spacial score (nSPS) is 13.7. The molecule has 0 aromatic rings. The fourth-order valence-electron chi connectivity index (χ4n) is 7.85. The van der Waals surface area contributed by atoms with Gasteiger partial charge in [0.05, 0.1) is 25.2 Å². The number of esters is 1. The van der Waals surface area contributed by atoms with Gasteiger partial charge in [-0.2, -0.15) is 0 Å². The smallest absolute Gasteiger partial charge is 0.306 e. The number of nitrogens with one attached hydrogen (secondary N) is 1. The van der Waals surface area contributed by atoms with E-state index in [0.29, 0.717) is 19.3 Å². The molecule has 0 fully saturated rings. The number of ether oxygens (including phenoxy) is 1. The van der Waals surface area contributed by atoms with Gasteiger partial charge in [0.1, 0.15) is 6.10 Å². The first-order chi connectivity index (χ1) is 30.5. The van der Waals surface area contributed by atoms with Crippen molar-refractivity contribution in [1.82, 2.24) is 5.32 Å². The molecule has 0 bridgehead atoms. The van der Waals surface area contributed by atoms with Crippen molar-refractivity contribution in [3.8, 4) is 0 Å². The summed E-state index contributed by atoms with van der Waals surface area (Å²) in [5.74, 6) is -0.542. The summed E-state index contributed by atoms with van der Waals surface area (Å²) in [6.45, 7) is 6.35. The van der Waals surface area contributed by atoms with Crippen LogP contribution in [-0.4, -0.2) is 46.9 Å². The van der Waals surface area contributed by atoms with Crippen LogP contribution in [0.4, 0.5) is 0 Å². The summed E-state index contributed by atoms with van der Waals surface area (Å²) in [6, 6.07) is -0.720. The molecule has 3 atom stereocenters. The molecule has 3 unspecified atom stereocenters. The number of amides is 1. The average Bonchev–Trinajstić information content (AvgIpc) is 3.26. The fraction of sp³-hybridized carbons (Fsp3) is 0.786. The second-order valence-corrected chi connectivity index (χ2v) is 17.9. The van der Waals surface area contributed by atoms with Crippen molar-refractivity contribution in [3.05, 3.63) is 60.8 Å². The van der Waals surface area contributed by atoms with E-state index in [-0.39, 0.29) is 24.9 Å². The zero-order chi connectivity index (χ0) is 45.2. The second-order valence-electron chi connectivity index (χ2n) is 17.9. The Morgan fingerprint density at radius 1 is 0.500 bits per heavy atom. The summed E-state index contributed by atoms with van der Waals surface area (Å²) in [4.78, 5) is 26.1. The molecule has 0 radical (unpaired) electrons. The molecule has 0 spiro atoms. The number of unbranched alkanes of at least 4 members (excludes halogenated alkanes) is 26. The van der Waals surface area contributed by atoms with Crippen LogP contribution in [0.25, 0.3) is 0 Å². The number of hydrogen-bond acceptors (Lipinski definition) is 5. The maximum Gasteiger partial charge on any atom is 0.306 e. The van der Waals surface area contributed by atoms with Gasteiger partial charge in [-0.3, -0.25) is 9.59 Å². The van der Waals surface area contributed by atoms with Crippen molar-refractivity contribution in [3.63, 3.8) is 0 Å². The topological polar surface area (TPSA) is 95.9 Å². The Hall–Kier alpha value is -2.44. The predicted octanol–water partition coefficient (Wildman–Crippen LogP) is 16.0. The number of aliphatic hydroxyl groups excluding tert-OH is 2. The van der Waals surface area contributed by atoms with Gasteiger partial charge in [0.25, 0.3) is 0 Å². The molecule has 0 heterocycles. The monoisotopic (exact) mass is 868 g/mol. The standard InChI is InChI=1S/C56H101NO5/c1-4-7-10-13-16-19-22-25-27-29-31-34-37-40-43-46-49-56(61)62-52(47-44-41-38-35-32-24-21-18-15-12-9-6-3)50-55(60)57-53(51-58)54(59)48-45-42-39-36-33-30-28-26-23-20-17-14-11-8-5-2/h9,12,18,21,27,29,31-32,34-35,52-54,58-59H,4-8,10-11,13-17,19-20,22-26,28,30,33,36-51H2,1-3H3,(H,57,60)/b12-9+,21-18+,29-27+,34-31+,35-32+. The molecule has 0 aliphatic rings. The van der Waals surface area contributed by atoms with E-state index in [1.54, 1.807) is 0 Å². The van der Waals surface area contributed by atoms with Gasteiger partial charge >= 0.3 is 5.97 Å². The van der Waals surface area contributed by atoms with Crippen LogP contribution in [0, 0.1) is 0 Å². The molecule has 0 rings (SSSR count). The van der Waals surface area contributed by atoms with Crippen LogP contribution in [0.5, 0.6) is 0 Å². The fourth-order valence-corrected chi connectivity index (χ4v) is 7.85. The third-order valence-corrected chi connectivity index (χ3v) is 11.9. The molecular weight excluding hydrogens is 767 g/mol. The van der Waals surface area contributed by atoms with Crippen LogP contribution in [0.2, 0.25) is 0 Å². The van der Waals surface area contributed by atoms with E-state index >= 15 is 0 Å². The van der Waals surface area contributed by atoms with E-state index in [4.69, 9.17) is 4.74 Å². The highest BCUT2D eigenvalue weighted by Gasteiger charge is 2.24. The van der Waals surface area contributed by atoms with Gasteiger partial charge in [-0.05, 0) is 83.5 Å². The van der Waals surface area contributed by atoms with Crippen LogP contribution in [0.3, 0.4) is 0 Å². The lowest BCUT2D eigenvalue weighted by Gasteiger charge is -2.24. The minimum Gasteiger partial charge on any atom is -0.462 e. The number of rotatable bonds is 47. The summed E-state index contributed by atoms with van der Waals surface area (Å²) in [7, 11) is 0. The zero-order valence-electron chi connectivity index (χ0n) is 41.0. The van der Waals surface area contributed by atoms with Crippen LogP contribution >= 0.6 is 0 Å². The van der Waals surface area contributed by atoms with Crippen LogP contribution < -0.4 is 5.32 Å². The van der Waals surface area contributed by atoms with Gasteiger partial charge < -0.3 is 20.3 Å². The van der Waals surface area contributed by atoms with Crippen molar-refractivity contribution in [1.29, 1.82) is 0 Å². The molecule has 0 aromatic carbocycles. The first-order valence-corrected chi connectivity index (χ1v) is 26.5. The highest BCUT2D eigenvalue weighted by molar-refractivity contribution is 5.77. The van der Waals surface area contributed by atoms with E-state index in [1.807, 2.05) is 0 Å². The zero-order valence-corrected chi connectivity index (χ0v) is 41.0. The van der Waals surface area contributed by atoms with Gasteiger partial charge in [0, 0.05) is 6.42 Å². The Bertz CT molecular complexity index is 1110. The summed E-state index contributed by atoms with van der Waals surface area (Å²) in [5.41, 5.74) is 0. The lowest BCUT2D eigenvalue weighted by atomic mass is 10.0. The third kappa shape index (κ3) is 44.2. The molecule has 0 aliphatic heterocycles. The SMILES string of the molecule is CC/C=C/C/C=C/C/C=C/CCCCC(CC(=O)NC(CO)C(O)CCCCCCCCCCCCCCCCC)OC(=O)CCCCC/C=C/C=C/CCCCCCCCC. The maximum atomic E-state index is 13.2. The highest BCUT2D eigenvalue weighted by atomic mass is 16.5. The van der Waals surface area contributed by atoms with Crippen LogP contribution in [0.15, 0.2) is 60.8 Å². The van der Waals surface area contributed by atoms with Gasteiger partial charge in [0.15, 0.2) is 0 Å². The molecule has 0 aromatic heterocycles. The Morgan fingerprint density at radius 3 is 1.44 bits per heavy atom. The van der Waals surface area contributed by atoms with E-state index in [9.17, 15) is 19.8 Å². The molecule has 1 amide bonds. The second kappa shape index (κ2) is 49.6. The van der Waals surface area contributed by atoms with Gasteiger partial charge in [-0.15, -0.1) is 0 Å². The van der Waals surface area contributed by atoms with Crippen molar-refractivity contribution in [2.24, 2.45) is 0 Å². The number of carbonyl (C=O) groups excluding carboxylic acids is 2. The molecule has 3 N–H and O–H groups in total. The summed E-state index contributed by atoms with van der Waals surface area (Å²) < 4.78 is 5.90. The van der Waals surface area contributed by atoms with E-state index in [1.165, 1.54) is 122 Å². The van der Waals surface area contributed by atoms with Crippen molar-refractivity contribution >= 4 is 11.9 Å². The predicted molar refractivity (Wildman–Crippen MR) is 268 cm³/mol. The maximum absolute atomic E-state index is 13.2. The molecule has 0 saturated carbocycles. The minimum absolute atomic E-state index is 0.0400. The van der Waals surface area contributed by atoms with E-state index in [0.717, 1.165) is 89.9 Å². The molecule has 360 valence electrons. The molecule has 0 aliphatic carbocycles. The Balaban J connectivity index is 4.61. The van der Waals surface area contributed by atoms with Gasteiger partial charge in [-0.25, -0.2) is 0 Å². The number of allylic oxidation sites excluding steroid dienone is 10.